The summed E-state index contributed by atoms with van der Waals surface area (Å²) in [5.74, 6) is 1.48. The third kappa shape index (κ3) is 4.21. The van der Waals surface area contributed by atoms with Crippen LogP contribution in [0.3, 0.4) is 0 Å². The van der Waals surface area contributed by atoms with Crippen LogP contribution in [0.5, 0.6) is 11.5 Å². The summed E-state index contributed by atoms with van der Waals surface area (Å²) in [6.07, 6.45) is 0. The van der Waals surface area contributed by atoms with Crippen LogP contribution in [0, 0.1) is 0 Å². The van der Waals surface area contributed by atoms with Gasteiger partial charge in [-0.15, -0.1) is 11.3 Å². The molecule has 4 nitrogen and oxygen atoms in total. The molecule has 1 N–H and O–H groups in total. The summed E-state index contributed by atoms with van der Waals surface area (Å²) >= 11 is 1.62. The standard InChI is InChI=1S/C15H20N2O2S/c1-11(2)16-8-12-10-20-15(17-12)9-19-14-7-5-4-6-13(14)18-3/h4-7,10-11,16H,8-9H2,1-3H3. The van der Waals surface area contributed by atoms with Gasteiger partial charge in [0.05, 0.1) is 12.8 Å². The summed E-state index contributed by atoms with van der Waals surface area (Å²) in [5, 5.41) is 6.39. The maximum atomic E-state index is 5.76. The van der Waals surface area contributed by atoms with Crippen molar-refractivity contribution in [1.82, 2.24) is 10.3 Å². The molecule has 0 saturated heterocycles. The van der Waals surface area contributed by atoms with Crippen molar-refractivity contribution in [2.75, 3.05) is 7.11 Å². The molecule has 0 aliphatic heterocycles. The van der Waals surface area contributed by atoms with Gasteiger partial charge < -0.3 is 14.8 Å². The minimum Gasteiger partial charge on any atom is -0.493 e. The summed E-state index contributed by atoms with van der Waals surface area (Å²) in [5.41, 5.74) is 1.06. The second-order valence-corrected chi connectivity index (χ2v) is 5.65. The fraction of sp³-hybridized carbons (Fsp3) is 0.400. The van der Waals surface area contributed by atoms with Gasteiger partial charge in [-0.1, -0.05) is 26.0 Å². The fourth-order valence-corrected chi connectivity index (χ4v) is 2.39. The smallest absolute Gasteiger partial charge is 0.161 e. The Hall–Kier alpha value is -1.59. The van der Waals surface area contributed by atoms with Crippen LogP contribution < -0.4 is 14.8 Å². The van der Waals surface area contributed by atoms with Crippen molar-refractivity contribution < 1.29 is 9.47 Å². The summed E-state index contributed by atoms with van der Waals surface area (Å²) in [6, 6.07) is 8.09. The zero-order chi connectivity index (χ0) is 14.4. The van der Waals surface area contributed by atoms with Crippen molar-refractivity contribution in [3.05, 3.63) is 40.3 Å². The number of thiazole rings is 1. The largest absolute Gasteiger partial charge is 0.493 e. The van der Waals surface area contributed by atoms with Crippen LogP contribution in [0.1, 0.15) is 24.5 Å². The predicted octanol–water partition coefficient (Wildman–Crippen LogP) is 3.23. The van der Waals surface area contributed by atoms with Crippen molar-refractivity contribution in [1.29, 1.82) is 0 Å². The first-order valence-corrected chi connectivity index (χ1v) is 7.49. The highest BCUT2D eigenvalue weighted by atomic mass is 32.1. The van der Waals surface area contributed by atoms with Crippen molar-refractivity contribution in [2.45, 2.75) is 33.0 Å². The molecule has 0 aliphatic rings. The molecule has 1 heterocycles. The molecule has 2 aromatic rings. The van der Waals surface area contributed by atoms with E-state index in [9.17, 15) is 0 Å². The Labute approximate surface area is 123 Å². The van der Waals surface area contributed by atoms with Crippen LogP contribution >= 0.6 is 11.3 Å². The van der Waals surface area contributed by atoms with Gasteiger partial charge in [-0.05, 0) is 12.1 Å². The van der Waals surface area contributed by atoms with E-state index in [-0.39, 0.29) is 0 Å². The molecule has 1 aromatic heterocycles. The van der Waals surface area contributed by atoms with Gasteiger partial charge in [-0.25, -0.2) is 4.98 Å². The van der Waals surface area contributed by atoms with Crippen LogP contribution in [0.4, 0.5) is 0 Å². The maximum absolute atomic E-state index is 5.76. The van der Waals surface area contributed by atoms with Crippen molar-refractivity contribution in [3.8, 4) is 11.5 Å². The molecule has 0 aliphatic carbocycles. The molecule has 0 amide bonds. The van der Waals surface area contributed by atoms with Crippen molar-refractivity contribution >= 4 is 11.3 Å². The summed E-state index contributed by atoms with van der Waals surface area (Å²) < 4.78 is 11.0. The van der Waals surface area contributed by atoms with Gasteiger partial charge in [0.1, 0.15) is 11.6 Å². The van der Waals surface area contributed by atoms with Gasteiger partial charge in [0.2, 0.25) is 0 Å². The quantitative estimate of drug-likeness (QED) is 0.851. The number of rotatable bonds is 7. The van der Waals surface area contributed by atoms with Crippen LogP contribution in [0.25, 0.3) is 0 Å². The maximum Gasteiger partial charge on any atom is 0.161 e. The zero-order valence-corrected chi connectivity index (χ0v) is 12.9. The predicted molar refractivity (Wildman–Crippen MR) is 81.4 cm³/mol. The number of ether oxygens (including phenoxy) is 2. The Morgan fingerprint density at radius 2 is 2.00 bits per heavy atom. The Kier molecular flexibility index (Phi) is 5.38. The van der Waals surface area contributed by atoms with Gasteiger partial charge in [0.25, 0.3) is 0 Å². The van der Waals surface area contributed by atoms with Crippen LogP contribution in [-0.4, -0.2) is 18.1 Å². The molecule has 0 radical (unpaired) electrons. The third-order valence-electron chi connectivity index (χ3n) is 2.71. The van der Waals surface area contributed by atoms with Gasteiger partial charge in [0.15, 0.2) is 11.5 Å². The molecule has 108 valence electrons. The highest BCUT2D eigenvalue weighted by Crippen LogP contribution is 2.26. The minimum absolute atomic E-state index is 0.463. The molecule has 0 bridgehead atoms. The first kappa shape index (κ1) is 14.8. The van der Waals surface area contributed by atoms with E-state index in [1.165, 1.54) is 0 Å². The number of para-hydroxylation sites is 2. The van der Waals surface area contributed by atoms with E-state index in [4.69, 9.17) is 9.47 Å². The normalized spacial score (nSPS) is 10.8. The van der Waals surface area contributed by atoms with Gasteiger partial charge in [-0.2, -0.15) is 0 Å². The Morgan fingerprint density at radius 1 is 1.25 bits per heavy atom. The average Bonchev–Trinajstić information content (AvgIpc) is 2.91. The monoisotopic (exact) mass is 292 g/mol. The van der Waals surface area contributed by atoms with E-state index in [1.54, 1.807) is 18.4 Å². The molecule has 20 heavy (non-hydrogen) atoms. The summed E-state index contributed by atoms with van der Waals surface area (Å²) in [7, 11) is 1.64. The van der Waals surface area contributed by atoms with Crippen LogP contribution in [-0.2, 0) is 13.2 Å². The minimum atomic E-state index is 0.463. The van der Waals surface area contributed by atoms with Gasteiger partial charge >= 0.3 is 0 Å². The van der Waals surface area contributed by atoms with E-state index < -0.39 is 0 Å². The molecule has 5 heteroatoms. The van der Waals surface area contributed by atoms with E-state index >= 15 is 0 Å². The number of nitrogens with zero attached hydrogens (tertiary/aromatic N) is 1. The van der Waals surface area contributed by atoms with Crippen LogP contribution in [0.2, 0.25) is 0 Å². The van der Waals surface area contributed by atoms with Crippen LogP contribution in [0.15, 0.2) is 29.6 Å². The average molecular weight is 292 g/mol. The lowest BCUT2D eigenvalue weighted by molar-refractivity contribution is 0.284. The molecule has 2 rings (SSSR count). The number of aromatic nitrogens is 1. The SMILES string of the molecule is COc1ccccc1OCc1nc(CNC(C)C)cs1. The summed E-state index contributed by atoms with van der Waals surface area (Å²) in [4.78, 5) is 4.54. The first-order chi connectivity index (χ1) is 9.69. The topological polar surface area (TPSA) is 43.4 Å². The second kappa shape index (κ2) is 7.26. The Bertz CT molecular complexity index is 540. The molecule has 0 fully saturated rings. The molecular formula is C15H20N2O2S. The number of hydrogen-bond acceptors (Lipinski definition) is 5. The second-order valence-electron chi connectivity index (χ2n) is 4.71. The molecule has 0 atom stereocenters. The first-order valence-electron chi connectivity index (χ1n) is 6.61. The highest BCUT2D eigenvalue weighted by molar-refractivity contribution is 7.09. The molecular weight excluding hydrogens is 272 g/mol. The molecule has 1 aromatic carbocycles. The number of benzene rings is 1. The van der Waals surface area contributed by atoms with Crippen molar-refractivity contribution in [3.63, 3.8) is 0 Å². The van der Waals surface area contributed by atoms with Gasteiger partial charge in [-0.3, -0.25) is 0 Å². The van der Waals surface area contributed by atoms with Gasteiger partial charge in [0, 0.05) is 18.0 Å². The van der Waals surface area contributed by atoms with E-state index in [0.717, 1.165) is 28.7 Å². The van der Waals surface area contributed by atoms with E-state index in [2.05, 4.69) is 29.5 Å². The van der Waals surface area contributed by atoms with E-state index in [1.807, 2.05) is 24.3 Å². The fourth-order valence-electron chi connectivity index (χ4n) is 1.68. The highest BCUT2D eigenvalue weighted by Gasteiger charge is 2.06. The lowest BCUT2D eigenvalue weighted by Crippen LogP contribution is -2.21. The van der Waals surface area contributed by atoms with E-state index in [0.29, 0.717) is 12.6 Å². The molecule has 0 saturated carbocycles. The number of methoxy groups -OCH3 is 1. The third-order valence-corrected chi connectivity index (χ3v) is 3.58. The Balaban J connectivity index is 1.91. The lowest BCUT2D eigenvalue weighted by Gasteiger charge is -2.08. The summed E-state index contributed by atoms with van der Waals surface area (Å²) in [6.45, 7) is 5.51. The Morgan fingerprint density at radius 3 is 2.70 bits per heavy atom. The number of hydrogen-bond donors (Lipinski definition) is 1. The lowest BCUT2D eigenvalue weighted by atomic mass is 10.3. The molecule has 0 spiro atoms. The zero-order valence-electron chi connectivity index (χ0n) is 12.1. The number of nitrogens with one attached hydrogen (secondary N) is 1. The molecule has 0 unspecified atom stereocenters. The van der Waals surface area contributed by atoms with Crippen molar-refractivity contribution in [2.24, 2.45) is 0 Å².